The number of hydrogen-bond acceptors (Lipinski definition) is 5. The second-order valence-electron chi connectivity index (χ2n) is 5.40. The van der Waals surface area contributed by atoms with E-state index in [1.54, 1.807) is 0 Å². The zero-order chi connectivity index (χ0) is 16.0. The summed E-state index contributed by atoms with van der Waals surface area (Å²) in [6.45, 7) is 1.10. The number of benzene rings is 1. The van der Waals surface area contributed by atoms with Gasteiger partial charge < -0.3 is 14.8 Å². The molecular formula is C15H12Cl2N2O3S. The molecule has 0 saturated heterocycles. The third kappa shape index (κ3) is 2.98. The Morgan fingerprint density at radius 2 is 2.04 bits per heavy atom. The molecule has 4 rings (SSSR count). The van der Waals surface area contributed by atoms with Crippen LogP contribution in [0.3, 0.4) is 0 Å². The summed E-state index contributed by atoms with van der Waals surface area (Å²) in [7, 11) is 0. The number of nitrogens with one attached hydrogen (secondary N) is 1. The highest BCUT2D eigenvalue weighted by Gasteiger charge is 2.56. The summed E-state index contributed by atoms with van der Waals surface area (Å²) in [5, 5.41) is 5.16. The maximum atomic E-state index is 12.0. The largest absolute Gasteiger partial charge is 0.486 e. The second kappa shape index (κ2) is 5.54. The summed E-state index contributed by atoms with van der Waals surface area (Å²) in [5.74, 6) is 0.878. The fourth-order valence-electron chi connectivity index (χ4n) is 2.36. The van der Waals surface area contributed by atoms with Crippen LogP contribution in [0, 0.1) is 5.92 Å². The van der Waals surface area contributed by atoms with E-state index in [1.807, 2.05) is 23.6 Å². The molecule has 1 aliphatic heterocycles. The van der Waals surface area contributed by atoms with Gasteiger partial charge in [0.2, 0.25) is 5.91 Å². The molecule has 1 aromatic carbocycles. The number of halogens is 2. The van der Waals surface area contributed by atoms with Crippen molar-refractivity contribution >= 4 is 45.6 Å². The maximum absolute atomic E-state index is 12.0. The number of thiazole rings is 1. The van der Waals surface area contributed by atoms with Crippen LogP contribution in [0.5, 0.6) is 11.5 Å². The first-order chi connectivity index (χ1) is 11.0. The molecular weight excluding hydrogens is 359 g/mol. The monoisotopic (exact) mass is 370 g/mol. The Bertz CT molecular complexity index is 778. The summed E-state index contributed by atoms with van der Waals surface area (Å²) >= 11 is 13.2. The maximum Gasteiger partial charge on any atom is 0.232 e. The highest BCUT2D eigenvalue weighted by molar-refractivity contribution is 7.14. The van der Waals surface area contributed by atoms with E-state index in [0.717, 1.165) is 17.0 Å². The number of ether oxygens (including phenoxy) is 2. The number of nitrogens with zero attached hydrogens (tertiary/aromatic N) is 1. The minimum atomic E-state index is -0.931. The van der Waals surface area contributed by atoms with Gasteiger partial charge in [0, 0.05) is 10.9 Å². The minimum absolute atomic E-state index is 0.196. The van der Waals surface area contributed by atoms with Gasteiger partial charge in [-0.2, -0.15) is 0 Å². The average Bonchev–Trinajstić information content (AvgIpc) is 2.95. The Morgan fingerprint density at radius 3 is 2.78 bits per heavy atom. The molecule has 23 heavy (non-hydrogen) atoms. The quantitative estimate of drug-likeness (QED) is 0.836. The molecule has 0 radical (unpaired) electrons. The molecule has 2 aliphatic rings. The van der Waals surface area contributed by atoms with E-state index >= 15 is 0 Å². The molecule has 1 aliphatic carbocycles. The molecule has 1 saturated carbocycles. The van der Waals surface area contributed by atoms with Crippen LogP contribution >= 0.6 is 34.5 Å². The van der Waals surface area contributed by atoms with Gasteiger partial charge >= 0.3 is 0 Å². The molecule has 2 aromatic rings. The van der Waals surface area contributed by atoms with Gasteiger partial charge in [-0.15, -0.1) is 34.5 Å². The Balaban J connectivity index is 1.50. The average molecular weight is 371 g/mol. The predicted molar refractivity (Wildman–Crippen MR) is 89.7 cm³/mol. The number of carbonyl (C=O) groups is 1. The molecule has 1 unspecified atom stereocenters. The predicted octanol–water partition coefficient (Wildman–Crippen LogP) is 3.71. The summed E-state index contributed by atoms with van der Waals surface area (Å²) < 4.78 is 10.1. The first-order valence-electron chi connectivity index (χ1n) is 7.07. The normalized spacial score (nSPS) is 20.9. The van der Waals surface area contributed by atoms with Gasteiger partial charge in [-0.3, -0.25) is 4.79 Å². The lowest BCUT2D eigenvalue weighted by atomic mass is 10.1. The Morgan fingerprint density at radius 1 is 1.30 bits per heavy atom. The number of rotatable bonds is 3. The summed E-state index contributed by atoms with van der Waals surface area (Å²) in [6.07, 6.45) is 0.475. The number of fused-ring (bicyclic) bond motifs is 1. The van der Waals surface area contributed by atoms with Crippen molar-refractivity contribution in [3.05, 3.63) is 23.6 Å². The molecule has 5 nitrogen and oxygen atoms in total. The number of hydrogen-bond donors (Lipinski definition) is 1. The number of carbonyl (C=O) groups excluding carboxylic acids is 1. The molecule has 120 valence electrons. The molecule has 0 bridgehead atoms. The molecule has 2 heterocycles. The molecule has 1 N–H and O–H groups in total. The van der Waals surface area contributed by atoms with E-state index in [4.69, 9.17) is 32.7 Å². The lowest BCUT2D eigenvalue weighted by Crippen LogP contribution is -2.16. The SMILES string of the molecule is O=C(Nc1nc(-c2ccc3c(c2)OCCO3)cs1)C1CC1(Cl)Cl. The molecule has 1 amide bonds. The standard InChI is InChI=1S/C15H12Cl2N2O3S/c16-15(17)6-9(15)13(20)19-14-18-10(7-23-14)8-1-2-11-12(5-8)22-4-3-21-11/h1-2,5,7,9H,3-4,6H2,(H,18,19,20). The summed E-state index contributed by atoms with van der Waals surface area (Å²) in [5.41, 5.74) is 1.67. The van der Waals surface area contributed by atoms with Crippen LogP contribution in [0.2, 0.25) is 0 Å². The molecule has 0 spiro atoms. The van der Waals surface area contributed by atoms with E-state index in [9.17, 15) is 4.79 Å². The van der Waals surface area contributed by atoms with E-state index in [2.05, 4.69) is 10.3 Å². The van der Waals surface area contributed by atoms with Gasteiger partial charge in [-0.25, -0.2) is 4.98 Å². The van der Waals surface area contributed by atoms with Crippen LogP contribution in [0.4, 0.5) is 5.13 Å². The minimum Gasteiger partial charge on any atom is -0.486 e. The highest BCUT2D eigenvalue weighted by atomic mass is 35.5. The van der Waals surface area contributed by atoms with E-state index in [-0.39, 0.29) is 11.8 Å². The number of aromatic nitrogens is 1. The Kier molecular flexibility index (Phi) is 3.63. The lowest BCUT2D eigenvalue weighted by molar-refractivity contribution is -0.117. The van der Waals surface area contributed by atoms with Gasteiger partial charge in [-0.1, -0.05) is 0 Å². The van der Waals surface area contributed by atoms with Crippen molar-refractivity contribution in [1.29, 1.82) is 0 Å². The van der Waals surface area contributed by atoms with Crippen LogP contribution in [-0.2, 0) is 4.79 Å². The smallest absolute Gasteiger partial charge is 0.232 e. The van der Waals surface area contributed by atoms with Crippen molar-refractivity contribution < 1.29 is 14.3 Å². The number of alkyl halides is 2. The van der Waals surface area contributed by atoms with Crippen LogP contribution in [0.1, 0.15) is 6.42 Å². The van der Waals surface area contributed by atoms with Gasteiger partial charge in [0.15, 0.2) is 16.6 Å². The van der Waals surface area contributed by atoms with Gasteiger partial charge in [0.25, 0.3) is 0 Å². The van der Waals surface area contributed by atoms with Gasteiger partial charge in [-0.05, 0) is 24.6 Å². The van der Waals surface area contributed by atoms with Crippen LogP contribution in [-0.4, -0.2) is 28.4 Å². The third-order valence-corrected chi connectivity index (χ3v) is 5.31. The van der Waals surface area contributed by atoms with Crippen LogP contribution in [0.15, 0.2) is 23.6 Å². The highest BCUT2D eigenvalue weighted by Crippen LogP contribution is 2.53. The Labute approximate surface area is 146 Å². The van der Waals surface area contributed by atoms with Crippen molar-refractivity contribution in [2.24, 2.45) is 5.92 Å². The van der Waals surface area contributed by atoms with E-state index in [1.165, 1.54) is 11.3 Å². The van der Waals surface area contributed by atoms with Crippen molar-refractivity contribution in [2.75, 3.05) is 18.5 Å². The van der Waals surface area contributed by atoms with Crippen molar-refractivity contribution in [2.45, 2.75) is 10.8 Å². The number of amides is 1. The topological polar surface area (TPSA) is 60.5 Å². The lowest BCUT2D eigenvalue weighted by Gasteiger charge is -2.18. The first kappa shape index (κ1) is 15.1. The van der Waals surface area contributed by atoms with Gasteiger partial charge in [0.1, 0.15) is 17.5 Å². The third-order valence-electron chi connectivity index (χ3n) is 3.71. The second-order valence-corrected chi connectivity index (χ2v) is 7.80. The zero-order valence-electron chi connectivity index (χ0n) is 11.8. The molecule has 1 fully saturated rings. The summed E-state index contributed by atoms with van der Waals surface area (Å²) in [6, 6.07) is 5.66. The first-order valence-corrected chi connectivity index (χ1v) is 8.71. The van der Waals surface area contributed by atoms with Crippen molar-refractivity contribution in [1.82, 2.24) is 4.98 Å². The van der Waals surface area contributed by atoms with Crippen molar-refractivity contribution in [3.8, 4) is 22.8 Å². The number of anilines is 1. The van der Waals surface area contributed by atoms with E-state index < -0.39 is 4.33 Å². The van der Waals surface area contributed by atoms with Crippen LogP contribution < -0.4 is 14.8 Å². The van der Waals surface area contributed by atoms with Crippen LogP contribution in [0.25, 0.3) is 11.3 Å². The van der Waals surface area contributed by atoms with Crippen molar-refractivity contribution in [3.63, 3.8) is 0 Å². The Hall–Kier alpha value is -1.50. The summed E-state index contributed by atoms with van der Waals surface area (Å²) in [4.78, 5) is 16.4. The fourth-order valence-corrected chi connectivity index (χ4v) is 3.59. The molecule has 1 atom stereocenters. The molecule has 1 aromatic heterocycles. The zero-order valence-corrected chi connectivity index (χ0v) is 14.2. The fraction of sp³-hybridized carbons (Fsp3) is 0.333. The van der Waals surface area contributed by atoms with Gasteiger partial charge in [0.05, 0.1) is 11.6 Å². The molecule has 8 heteroatoms. The van der Waals surface area contributed by atoms with E-state index in [0.29, 0.717) is 30.5 Å².